The highest BCUT2D eigenvalue weighted by atomic mass is 16.6. The highest BCUT2D eigenvalue weighted by Gasteiger charge is 2.35. The number of nitro benzene ring substituents is 1. The molecular formula is C17H21N3O6. The zero-order valence-electron chi connectivity index (χ0n) is 15.0. The number of rotatable bonds is 6. The summed E-state index contributed by atoms with van der Waals surface area (Å²) in [4.78, 5) is 35.3. The van der Waals surface area contributed by atoms with E-state index in [0.717, 1.165) is 0 Å². The zero-order chi connectivity index (χ0) is 19.4. The maximum atomic E-state index is 12.5. The largest absolute Gasteiger partial charge is 0.490 e. The van der Waals surface area contributed by atoms with Crippen molar-refractivity contribution in [2.75, 3.05) is 13.7 Å². The average molecular weight is 363 g/mol. The number of nitrogens with one attached hydrogen (secondary N) is 2. The molecule has 0 aliphatic carbocycles. The number of hydrogen-bond donors (Lipinski definition) is 2. The van der Waals surface area contributed by atoms with E-state index in [0.29, 0.717) is 11.3 Å². The maximum absolute atomic E-state index is 12.5. The van der Waals surface area contributed by atoms with Gasteiger partial charge in [-0.1, -0.05) is 19.9 Å². The monoisotopic (exact) mass is 363 g/mol. The van der Waals surface area contributed by atoms with E-state index in [-0.39, 0.29) is 29.5 Å². The fourth-order valence-corrected chi connectivity index (χ4v) is 2.76. The molecule has 0 aromatic heterocycles. The minimum absolute atomic E-state index is 0.0877. The number of urea groups is 1. The van der Waals surface area contributed by atoms with Crippen molar-refractivity contribution in [1.29, 1.82) is 0 Å². The molecule has 1 unspecified atom stereocenters. The van der Waals surface area contributed by atoms with Crippen LogP contribution in [0.4, 0.5) is 10.5 Å². The van der Waals surface area contributed by atoms with E-state index >= 15 is 0 Å². The number of nitrogens with zero attached hydrogens (tertiary/aromatic N) is 1. The Kier molecular flexibility index (Phi) is 5.81. The van der Waals surface area contributed by atoms with Gasteiger partial charge in [-0.15, -0.1) is 0 Å². The third kappa shape index (κ3) is 3.76. The van der Waals surface area contributed by atoms with Crippen LogP contribution in [0.5, 0.6) is 5.75 Å². The second kappa shape index (κ2) is 7.85. The molecule has 2 amide bonds. The molecule has 1 atom stereocenters. The van der Waals surface area contributed by atoms with Gasteiger partial charge in [0.25, 0.3) is 0 Å². The van der Waals surface area contributed by atoms with Gasteiger partial charge in [-0.25, -0.2) is 9.59 Å². The number of amides is 2. The third-order valence-electron chi connectivity index (χ3n) is 3.91. The minimum atomic E-state index is -0.871. The normalized spacial score (nSPS) is 16.8. The van der Waals surface area contributed by atoms with Crippen LogP contribution in [0.2, 0.25) is 0 Å². The SMILES string of the molecule is CCOC(=O)C1=C(C(C)C)NC(=O)NC1c1ccc(OC)c([N+](=O)[O-])c1. The molecule has 9 heteroatoms. The number of hydrogen-bond acceptors (Lipinski definition) is 6. The lowest BCUT2D eigenvalue weighted by Gasteiger charge is -2.30. The standard InChI is InChI=1S/C17H21N3O6/c1-5-26-16(21)13-14(9(2)3)18-17(22)19-15(13)10-6-7-12(25-4)11(8-10)20(23)24/h6-9,15H,5H2,1-4H3,(H2,18,19,22). The van der Waals surface area contributed by atoms with Crippen LogP contribution in [0.1, 0.15) is 32.4 Å². The fraction of sp³-hybridized carbons (Fsp3) is 0.412. The number of methoxy groups -OCH3 is 1. The van der Waals surface area contributed by atoms with Gasteiger partial charge in [-0.3, -0.25) is 10.1 Å². The predicted octanol–water partition coefficient (Wildman–Crippen LogP) is 2.43. The van der Waals surface area contributed by atoms with Crippen molar-refractivity contribution >= 4 is 17.7 Å². The van der Waals surface area contributed by atoms with E-state index < -0.39 is 23.0 Å². The van der Waals surface area contributed by atoms with E-state index in [9.17, 15) is 19.7 Å². The summed E-state index contributed by atoms with van der Waals surface area (Å²) in [5.74, 6) is -0.659. The summed E-state index contributed by atoms with van der Waals surface area (Å²) in [7, 11) is 1.33. The van der Waals surface area contributed by atoms with Crippen molar-refractivity contribution in [2.45, 2.75) is 26.8 Å². The molecule has 1 aromatic rings. The Labute approximate surface area is 150 Å². The first-order valence-corrected chi connectivity index (χ1v) is 8.11. The number of ether oxygens (including phenoxy) is 2. The van der Waals surface area contributed by atoms with Crippen LogP contribution < -0.4 is 15.4 Å². The van der Waals surface area contributed by atoms with Crippen molar-refractivity contribution in [3.05, 3.63) is 45.1 Å². The Morgan fingerprint density at radius 1 is 1.38 bits per heavy atom. The molecule has 0 radical (unpaired) electrons. The summed E-state index contributed by atoms with van der Waals surface area (Å²) in [5.41, 5.74) is 0.775. The highest BCUT2D eigenvalue weighted by molar-refractivity contribution is 5.95. The first-order valence-electron chi connectivity index (χ1n) is 8.11. The Balaban J connectivity index is 2.62. The van der Waals surface area contributed by atoms with Crippen LogP contribution in [0.25, 0.3) is 0 Å². The number of benzene rings is 1. The lowest BCUT2D eigenvalue weighted by molar-refractivity contribution is -0.385. The molecule has 0 saturated carbocycles. The van der Waals surface area contributed by atoms with Gasteiger partial charge >= 0.3 is 17.7 Å². The van der Waals surface area contributed by atoms with Gasteiger partial charge in [0, 0.05) is 11.8 Å². The average Bonchev–Trinajstić information content (AvgIpc) is 2.60. The van der Waals surface area contributed by atoms with Crippen molar-refractivity contribution in [3.63, 3.8) is 0 Å². The molecule has 26 heavy (non-hydrogen) atoms. The van der Waals surface area contributed by atoms with Crippen molar-refractivity contribution < 1.29 is 24.0 Å². The first-order chi connectivity index (χ1) is 12.3. The van der Waals surface area contributed by atoms with E-state index in [1.54, 1.807) is 13.0 Å². The number of carbonyl (C=O) groups is 2. The number of allylic oxidation sites excluding steroid dienone is 1. The third-order valence-corrected chi connectivity index (χ3v) is 3.91. The molecule has 0 saturated heterocycles. The molecule has 1 aliphatic rings. The molecule has 0 fully saturated rings. The summed E-state index contributed by atoms with van der Waals surface area (Å²) in [5, 5.41) is 16.6. The summed E-state index contributed by atoms with van der Waals surface area (Å²) >= 11 is 0. The van der Waals surface area contributed by atoms with Crippen LogP contribution in [-0.4, -0.2) is 30.6 Å². The van der Waals surface area contributed by atoms with Gasteiger partial charge in [-0.2, -0.15) is 0 Å². The zero-order valence-corrected chi connectivity index (χ0v) is 15.0. The quantitative estimate of drug-likeness (QED) is 0.455. The van der Waals surface area contributed by atoms with Gasteiger partial charge in [-0.05, 0) is 24.5 Å². The summed E-state index contributed by atoms with van der Waals surface area (Å²) < 4.78 is 10.1. The predicted molar refractivity (Wildman–Crippen MR) is 92.6 cm³/mol. The molecule has 1 aromatic carbocycles. The Morgan fingerprint density at radius 2 is 2.08 bits per heavy atom. The maximum Gasteiger partial charge on any atom is 0.338 e. The van der Waals surface area contributed by atoms with Crippen molar-refractivity contribution in [1.82, 2.24) is 10.6 Å². The molecule has 0 bridgehead atoms. The second-order valence-corrected chi connectivity index (χ2v) is 5.92. The molecule has 1 heterocycles. The molecule has 0 spiro atoms. The number of nitro groups is 1. The molecule has 1 aliphatic heterocycles. The van der Waals surface area contributed by atoms with Crippen molar-refractivity contribution in [2.24, 2.45) is 5.92 Å². The van der Waals surface area contributed by atoms with Gasteiger partial charge in [0.15, 0.2) is 5.75 Å². The molecule has 140 valence electrons. The van der Waals surface area contributed by atoms with E-state index in [1.165, 1.54) is 19.2 Å². The van der Waals surface area contributed by atoms with E-state index in [2.05, 4.69) is 10.6 Å². The van der Waals surface area contributed by atoms with E-state index in [4.69, 9.17) is 9.47 Å². The fourth-order valence-electron chi connectivity index (χ4n) is 2.76. The van der Waals surface area contributed by atoms with E-state index in [1.807, 2.05) is 13.8 Å². The lowest BCUT2D eigenvalue weighted by atomic mass is 9.91. The summed E-state index contributed by atoms with van der Waals surface area (Å²) in [6, 6.07) is 2.92. The Bertz CT molecular complexity index is 772. The second-order valence-electron chi connectivity index (χ2n) is 5.92. The number of carbonyl (C=O) groups excluding carboxylic acids is 2. The topological polar surface area (TPSA) is 120 Å². The highest BCUT2D eigenvalue weighted by Crippen LogP contribution is 2.35. The van der Waals surface area contributed by atoms with Gasteiger partial charge in [0.2, 0.25) is 0 Å². The van der Waals surface area contributed by atoms with Crippen LogP contribution in [0, 0.1) is 16.0 Å². The van der Waals surface area contributed by atoms with Crippen LogP contribution in [0.3, 0.4) is 0 Å². The summed E-state index contributed by atoms with van der Waals surface area (Å²) in [6.45, 7) is 5.49. The number of esters is 1. The summed E-state index contributed by atoms with van der Waals surface area (Å²) in [6.07, 6.45) is 0. The van der Waals surface area contributed by atoms with Crippen LogP contribution >= 0.6 is 0 Å². The first kappa shape index (κ1) is 19.2. The van der Waals surface area contributed by atoms with Crippen LogP contribution in [0.15, 0.2) is 29.5 Å². The molecule has 2 rings (SSSR count). The molecule has 2 N–H and O–H groups in total. The van der Waals surface area contributed by atoms with Crippen LogP contribution in [-0.2, 0) is 9.53 Å². The van der Waals surface area contributed by atoms with Gasteiger partial charge in [0.05, 0.1) is 30.3 Å². The van der Waals surface area contributed by atoms with Gasteiger partial charge < -0.3 is 20.1 Å². The van der Waals surface area contributed by atoms with Crippen molar-refractivity contribution in [3.8, 4) is 5.75 Å². The molecular weight excluding hydrogens is 342 g/mol. The van der Waals surface area contributed by atoms with Gasteiger partial charge in [0.1, 0.15) is 0 Å². The Hall–Kier alpha value is -3.10. The minimum Gasteiger partial charge on any atom is -0.490 e. The lowest BCUT2D eigenvalue weighted by Crippen LogP contribution is -2.47. The Morgan fingerprint density at radius 3 is 2.62 bits per heavy atom. The molecule has 9 nitrogen and oxygen atoms in total. The smallest absolute Gasteiger partial charge is 0.338 e.